The van der Waals surface area contributed by atoms with Crippen LogP contribution in [0.15, 0.2) is 36.4 Å². The van der Waals surface area contributed by atoms with E-state index < -0.39 is 23.5 Å². The molecule has 0 radical (unpaired) electrons. The number of hydrogen-bond acceptors (Lipinski definition) is 8. The summed E-state index contributed by atoms with van der Waals surface area (Å²) in [7, 11) is 1.55. The van der Waals surface area contributed by atoms with Crippen LogP contribution in [0.1, 0.15) is 18.1 Å². The average Bonchev–Trinajstić information content (AvgIpc) is 2.65. The molecule has 0 saturated carbocycles. The minimum Gasteiger partial charge on any atom is -0.504 e. The number of nitrogens with one attached hydrogen (secondary N) is 1. The minimum absolute atomic E-state index is 0.0795. The van der Waals surface area contributed by atoms with Crippen molar-refractivity contribution in [1.82, 2.24) is 5.32 Å². The lowest BCUT2D eigenvalue weighted by molar-refractivity contribution is -0.142. The first-order chi connectivity index (χ1) is 13.9. The zero-order valence-corrected chi connectivity index (χ0v) is 16.5. The zero-order chi connectivity index (χ0) is 23.1. The molecule has 10 heteroatoms. The molecule has 0 aliphatic rings. The number of carboxylic acid groups (broad SMARTS) is 2. The maximum absolute atomic E-state index is 10.7. The van der Waals surface area contributed by atoms with Crippen molar-refractivity contribution in [3.05, 3.63) is 47.5 Å². The number of carboxylic acids is 2. The predicted molar refractivity (Wildman–Crippen MR) is 108 cm³/mol. The molecule has 0 spiro atoms. The summed E-state index contributed by atoms with van der Waals surface area (Å²) < 4.78 is 0. The quantitative estimate of drug-likeness (QED) is 0.295. The smallest absolute Gasteiger partial charge is 0.323 e. The van der Waals surface area contributed by atoms with E-state index in [0.29, 0.717) is 11.1 Å². The highest BCUT2D eigenvalue weighted by Gasteiger charge is 2.28. The Morgan fingerprint density at radius 2 is 1.40 bits per heavy atom. The van der Waals surface area contributed by atoms with Crippen molar-refractivity contribution >= 4 is 11.9 Å². The van der Waals surface area contributed by atoms with Crippen LogP contribution < -0.4 is 11.1 Å². The van der Waals surface area contributed by atoms with E-state index in [1.807, 2.05) is 0 Å². The van der Waals surface area contributed by atoms with Gasteiger partial charge in [-0.25, -0.2) is 0 Å². The van der Waals surface area contributed by atoms with Gasteiger partial charge in [0.1, 0.15) is 11.6 Å². The minimum atomic E-state index is -1.39. The van der Waals surface area contributed by atoms with Gasteiger partial charge in [-0.05, 0) is 55.8 Å². The molecule has 2 aromatic rings. The van der Waals surface area contributed by atoms with E-state index in [0.717, 1.165) is 0 Å². The molecule has 2 atom stereocenters. The van der Waals surface area contributed by atoms with Gasteiger partial charge in [0, 0.05) is 6.42 Å². The molecule has 0 fully saturated rings. The molecule has 164 valence electrons. The molecule has 2 rings (SSSR count). The standard InChI is InChI=1S/2C10H13NO4/c1-11-7(10(14)15)4-6-2-3-8(12)9(13)5-6;1-10(11,9(14)15)5-6-2-3-7(12)8(13)4-6/h2-3,5,7,11-13H,4H2,1H3,(H,14,15);2-4,12-13H,5,11H2,1H3,(H,14,15)/t7-;/m0./s1. The first-order valence-corrected chi connectivity index (χ1v) is 8.81. The largest absolute Gasteiger partial charge is 0.504 e. The van der Waals surface area contributed by atoms with Crippen molar-refractivity contribution in [1.29, 1.82) is 0 Å². The lowest BCUT2D eigenvalue weighted by atomic mass is 9.94. The van der Waals surface area contributed by atoms with Crippen LogP contribution in [0.5, 0.6) is 23.0 Å². The van der Waals surface area contributed by atoms with Gasteiger partial charge < -0.3 is 41.7 Å². The summed E-state index contributed by atoms with van der Waals surface area (Å²) in [5.41, 5.74) is 5.35. The van der Waals surface area contributed by atoms with E-state index in [1.165, 1.54) is 37.3 Å². The summed E-state index contributed by atoms with van der Waals surface area (Å²) in [6.45, 7) is 1.39. The van der Waals surface area contributed by atoms with Crippen molar-refractivity contribution in [3.63, 3.8) is 0 Å². The average molecular weight is 422 g/mol. The van der Waals surface area contributed by atoms with Crippen molar-refractivity contribution in [2.24, 2.45) is 5.73 Å². The third kappa shape index (κ3) is 7.15. The van der Waals surface area contributed by atoms with Crippen LogP contribution in [-0.4, -0.2) is 61.2 Å². The van der Waals surface area contributed by atoms with Crippen LogP contribution in [0, 0.1) is 0 Å². The number of rotatable bonds is 7. The van der Waals surface area contributed by atoms with E-state index in [4.69, 9.17) is 26.2 Å². The Morgan fingerprint density at radius 1 is 0.933 bits per heavy atom. The number of likely N-dealkylation sites (N-methyl/N-ethyl adjacent to an activating group) is 1. The van der Waals surface area contributed by atoms with Gasteiger partial charge in [-0.3, -0.25) is 9.59 Å². The SMILES string of the molecule is CC(N)(Cc1ccc(O)c(O)c1)C(=O)O.CN[C@@H](Cc1ccc(O)c(O)c1)C(=O)O. The summed E-state index contributed by atoms with van der Waals surface area (Å²) in [5.74, 6) is -3.05. The molecule has 0 bridgehead atoms. The molecule has 0 aliphatic carbocycles. The maximum atomic E-state index is 10.7. The molecular formula is C20H26N2O8. The number of benzene rings is 2. The molecule has 1 unspecified atom stereocenters. The fourth-order valence-electron chi connectivity index (χ4n) is 2.42. The van der Waals surface area contributed by atoms with Gasteiger partial charge in [0.2, 0.25) is 0 Å². The van der Waals surface area contributed by atoms with Crippen LogP contribution in [0.4, 0.5) is 0 Å². The molecular weight excluding hydrogens is 396 g/mol. The molecule has 2 aromatic carbocycles. The van der Waals surface area contributed by atoms with E-state index in [2.05, 4.69) is 5.32 Å². The molecule has 9 N–H and O–H groups in total. The van der Waals surface area contributed by atoms with Crippen LogP contribution in [0.25, 0.3) is 0 Å². The Hall–Kier alpha value is -3.50. The number of hydrogen-bond donors (Lipinski definition) is 8. The number of aliphatic carboxylic acids is 2. The summed E-state index contributed by atoms with van der Waals surface area (Å²) in [6.07, 6.45) is 0.329. The van der Waals surface area contributed by atoms with Crippen molar-refractivity contribution in [3.8, 4) is 23.0 Å². The molecule has 0 saturated heterocycles. The van der Waals surface area contributed by atoms with E-state index in [9.17, 15) is 19.8 Å². The number of carbonyl (C=O) groups is 2. The molecule has 0 amide bonds. The highest BCUT2D eigenvalue weighted by atomic mass is 16.4. The van der Waals surface area contributed by atoms with E-state index in [1.54, 1.807) is 13.1 Å². The number of aromatic hydroxyl groups is 4. The second kappa shape index (κ2) is 10.3. The summed E-state index contributed by atoms with van der Waals surface area (Å²) in [6, 6.07) is 7.66. The Balaban J connectivity index is 0.000000300. The second-order valence-corrected chi connectivity index (χ2v) is 6.93. The molecule has 10 nitrogen and oxygen atoms in total. The van der Waals surface area contributed by atoms with Crippen molar-refractivity contribution in [2.45, 2.75) is 31.3 Å². The van der Waals surface area contributed by atoms with Crippen molar-refractivity contribution < 1.29 is 40.2 Å². The fourth-order valence-corrected chi connectivity index (χ4v) is 2.42. The van der Waals surface area contributed by atoms with Crippen LogP contribution in [0.3, 0.4) is 0 Å². The second-order valence-electron chi connectivity index (χ2n) is 6.93. The number of phenols is 4. The molecule has 0 aliphatic heterocycles. The van der Waals surface area contributed by atoms with Crippen LogP contribution in [0.2, 0.25) is 0 Å². The summed E-state index contributed by atoms with van der Waals surface area (Å²) in [5, 5.41) is 56.7. The lowest BCUT2D eigenvalue weighted by Gasteiger charge is -2.19. The summed E-state index contributed by atoms with van der Waals surface area (Å²) >= 11 is 0. The lowest BCUT2D eigenvalue weighted by Crippen LogP contribution is -2.46. The number of phenolic OH excluding ortho intramolecular Hbond substituents is 4. The van der Waals surface area contributed by atoms with E-state index >= 15 is 0 Å². The topological polar surface area (TPSA) is 194 Å². The third-order valence-electron chi connectivity index (χ3n) is 4.23. The Kier molecular flexibility index (Phi) is 8.45. The highest BCUT2D eigenvalue weighted by molar-refractivity contribution is 5.78. The Labute approximate surface area is 172 Å². The monoisotopic (exact) mass is 422 g/mol. The first kappa shape index (κ1) is 24.5. The van der Waals surface area contributed by atoms with Gasteiger partial charge >= 0.3 is 11.9 Å². The molecule has 0 aromatic heterocycles. The fraction of sp³-hybridized carbons (Fsp3) is 0.300. The van der Waals surface area contributed by atoms with Gasteiger partial charge in [-0.1, -0.05) is 12.1 Å². The van der Waals surface area contributed by atoms with Crippen LogP contribution >= 0.6 is 0 Å². The summed E-state index contributed by atoms with van der Waals surface area (Å²) in [4.78, 5) is 21.5. The van der Waals surface area contributed by atoms with Gasteiger partial charge in [0.05, 0.1) is 0 Å². The van der Waals surface area contributed by atoms with Crippen LogP contribution in [-0.2, 0) is 22.4 Å². The highest BCUT2D eigenvalue weighted by Crippen LogP contribution is 2.26. The normalized spacial score (nSPS) is 13.4. The predicted octanol–water partition coefficient (Wildman–Crippen LogP) is 0.755. The number of nitrogens with two attached hydrogens (primary N) is 1. The first-order valence-electron chi connectivity index (χ1n) is 8.81. The van der Waals surface area contributed by atoms with Gasteiger partial charge in [-0.2, -0.15) is 0 Å². The van der Waals surface area contributed by atoms with Gasteiger partial charge in [0.15, 0.2) is 23.0 Å². The Bertz CT molecular complexity index is 898. The van der Waals surface area contributed by atoms with Gasteiger partial charge in [-0.15, -0.1) is 0 Å². The zero-order valence-electron chi connectivity index (χ0n) is 16.5. The van der Waals surface area contributed by atoms with Gasteiger partial charge in [0.25, 0.3) is 0 Å². The third-order valence-corrected chi connectivity index (χ3v) is 4.23. The Morgan fingerprint density at radius 3 is 1.80 bits per heavy atom. The molecule has 0 heterocycles. The maximum Gasteiger partial charge on any atom is 0.323 e. The molecule has 30 heavy (non-hydrogen) atoms. The van der Waals surface area contributed by atoms with Crippen molar-refractivity contribution in [2.75, 3.05) is 7.05 Å². The van der Waals surface area contributed by atoms with E-state index in [-0.39, 0.29) is 35.8 Å².